The van der Waals surface area contributed by atoms with E-state index in [1.165, 1.54) is 6.07 Å². The molecule has 0 bridgehead atoms. The Hall–Kier alpha value is -2.23. The van der Waals surface area contributed by atoms with E-state index < -0.39 is 23.4 Å². The van der Waals surface area contributed by atoms with Crippen molar-refractivity contribution in [2.24, 2.45) is 5.73 Å². The minimum Gasteiger partial charge on any atom is -0.389 e. The first-order chi connectivity index (χ1) is 13.3. The second-order valence-corrected chi connectivity index (χ2v) is 7.81. The predicted octanol–water partition coefficient (Wildman–Crippen LogP) is 1.69. The minimum atomic E-state index is -3.05. The molecule has 9 heteroatoms. The van der Waals surface area contributed by atoms with E-state index in [2.05, 4.69) is 9.97 Å². The number of aromatic nitrogens is 2. The highest BCUT2D eigenvalue weighted by atomic mass is 19.3. The van der Waals surface area contributed by atoms with Crippen LogP contribution in [0.5, 0.6) is 0 Å². The van der Waals surface area contributed by atoms with Gasteiger partial charge in [-0.3, -0.25) is 0 Å². The van der Waals surface area contributed by atoms with E-state index in [0.717, 1.165) is 0 Å². The molecule has 1 aromatic heterocycles. The molecule has 3 heterocycles. The highest BCUT2D eigenvalue weighted by molar-refractivity contribution is 5.68. The number of nitrogens with two attached hydrogens (primary N) is 1. The van der Waals surface area contributed by atoms with Gasteiger partial charge >= 0.3 is 0 Å². The summed E-state index contributed by atoms with van der Waals surface area (Å²) in [5, 5.41) is 9.52. The maximum atomic E-state index is 14.8. The zero-order valence-corrected chi connectivity index (χ0v) is 15.0. The number of hydrogen-bond acceptors (Lipinski definition) is 6. The number of benzene rings is 1. The Morgan fingerprint density at radius 3 is 2.57 bits per heavy atom. The fraction of sp³-hybridized carbons (Fsp3) is 0.474. The third-order valence-corrected chi connectivity index (χ3v) is 5.67. The molecular formula is C19H19F3N4O2. The Labute approximate surface area is 159 Å². The van der Waals surface area contributed by atoms with E-state index in [-0.39, 0.29) is 50.8 Å². The highest BCUT2D eigenvalue weighted by Gasteiger charge is 2.44. The number of rotatable bonds is 3. The topological polar surface area (TPSA) is 84.5 Å². The van der Waals surface area contributed by atoms with Gasteiger partial charge in [0.15, 0.2) is 0 Å². The molecule has 1 aromatic carbocycles. The Morgan fingerprint density at radius 2 is 1.96 bits per heavy atom. The van der Waals surface area contributed by atoms with Crippen LogP contribution in [0.1, 0.15) is 23.2 Å². The normalized spacial score (nSPS) is 22.5. The van der Waals surface area contributed by atoms with Gasteiger partial charge in [0.2, 0.25) is 5.95 Å². The van der Waals surface area contributed by atoms with Crippen LogP contribution in [0.25, 0.3) is 11.3 Å². The number of hydrogen-bond donors (Lipinski definition) is 2. The fourth-order valence-electron chi connectivity index (χ4n) is 3.95. The summed E-state index contributed by atoms with van der Waals surface area (Å²) in [4.78, 5) is 10.2. The molecule has 5 rings (SSSR count). The second kappa shape index (κ2) is 5.88. The highest BCUT2D eigenvalue weighted by Crippen LogP contribution is 2.45. The quantitative estimate of drug-likeness (QED) is 0.827. The number of halogens is 3. The summed E-state index contributed by atoms with van der Waals surface area (Å²) >= 11 is 0. The van der Waals surface area contributed by atoms with Crippen LogP contribution in [0.15, 0.2) is 18.2 Å². The van der Waals surface area contributed by atoms with Crippen LogP contribution >= 0.6 is 0 Å². The standard InChI is InChI=1S/C19H19F3N4O2/c20-14-5-10(1-2-13(14)18(23)8-28-9-18)15-12-3-4-19(21,22)16(12)25-17(24-15)26-6-11(27)7-26/h1-2,5,11,27H,3-4,6-9,23H2. The molecule has 0 radical (unpaired) electrons. The van der Waals surface area contributed by atoms with Crippen molar-refractivity contribution >= 4 is 5.95 Å². The number of β-amino-alcohol motifs (C(OH)–C–C–N with tert-alkyl or cyclic N) is 1. The monoisotopic (exact) mass is 392 g/mol. The number of ether oxygens (including phenoxy) is 1. The Balaban J connectivity index is 1.60. The summed E-state index contributed by atoms with van der Waals surface area (Å²) in [5.41, 5.74) is 6.35. The predicted molar refractivity (Wildman–Crippen MR) is 94.5 cm³/mol. The van der Waals surface area contributed by atoms with Crippen LogP contribution in [0.2, 0.25) is 0 Å². The first kappa shape index (κ1) is 17.8. The molecule has 2 aromatic rings. The summed E-state index contributed by atoms with van der Waals surface area (Å²) in [7, 11) is 0. The largest absolute Gasteiger partial charge is 0.389 e. The van der Waals surface area contributed by atoms with Crippen LogP contribution in [0, 0.1) is 5.82 Å². The summed E-state index contributed by atoms with van der Waals surface area (Å²) in [6, 6.07) is 4.51. The van der Waals surface area contributed by atoms with Gasteiger partial charge in [0, 0.05) is 36.2 Å². The molecule has 3 N–H and O–H groups in total. The number of alkyl halides is 2. The number of aliphatic hydroxyl groups excluding tert-OH is 1. The average Bonchev–Trinajstić information content (AvgIpc) is 2.91. The van der Waals surface area contributed by atoms with Crippen molar-refractivity contribution in [3.05, 3.63) is 40.8 Å². The summed E-state index contributed by atoms with van der Waals surface area (Å²) in [5.74, 6) is -3.43. The molecular weight excluding hydrogens is 373 g/mol. The molecule has 28 heavy (non-hydrogen) atoms. The van der Waals surface area contributed by atoms with E-state index in [0.29, 0.717) is 22.4 Å². The average molecular weight is 392 g/mol. The lowest BCUT2D eigenvalue weighted by Gasteiger charge is -2.38. The van der Waals surface area contributed by atoms with Gasteiger partial charge in [0.05, 0.1) is 30.6 Å². The molecule has 0 spiro atoms. The van der Waals surface area contributed by atoms with Crippen molar-refractivity contribution in [3.8, 4) is 11.3 Å². The van der Waals surface area contributed by atoms with Crippen LogP contribution < -0.4 is 10.6 Å². The number of aliphatic hydroxyl groups is 1. The van der Waals surface area contributed by atoms with E-state index >= 15 is 0 Å². The van der Waals surface area contributed by atoms with Crippen molar-refractivity contribution in [1.29, 1.82) is 0 Å². The van der Waals surface area contributed by atoms with Crippen LogP contribution in [-0.2, 0) is 22.6 Å². The maximum Gasteiger partial charge on any atom is 0.290 e. The number of anilines is 1. The van der Waals surface area contributed by atoms with Crippen molar-refractivity contribution in [3.63, 3.8) is 0 Å². The zero-order chi connectivity index (χ0) is 19.7. The smallest absolute Gasteiger partial charge is 0.290 e. The minimum absolute atomic E-state index is 0.124. The van der Waals surface area contributed by atoms with Crippen LogP contribution in [0.3, 0.4) is 0 Å². The third kappa shape index (κ3) is 2.61. The number of nitrogens with zero attached hydrogens (tertiary/aromatic N) is 3. The molecule has 3 aliphatic rings. The molecule has 1 aliphatic carbocycles. The van der Waals surface area contributed by atoms with E-state index in [4.69, 9.17) is 10.5 Å². The Kier molecular flexibility index (Phi) is 3.75. The SMILES string of the molecule is NC1(c2ccc(-c3nc(N4CC(O)C4)nc4c3CCC4(F)F)cc2F)COC1. The zero-order valence-electron chi connectivity index (χ0n) is 15.0. The van der Waals surface area contributed by atoms with Gasteiger partial charge in [-0.05, 0) is 12.5 Å². The molecule has 148 valence electrons. The lowest BCUT2D eigenvalue weighted by molar-refractivity contribution is -0.0584. The van der Waals surface area contributed by atoms with Crippen LogP contribution in [-0.4, -0.2) is 47.5 Å². The van der Waals surface area contributed by atoms with Gasteiger partial charge in [0.25, 0.3) is 5.92 Å². The van der Waals surface area contributed by atoms with Gasteiger partial charge in [-0.25, -0.2) is 14.4 Å². The molecule has 0 saturated carbocycles. The first-order valence-electron chi connectivity index (χ1n) is 9.16. The molecule has 0 unspecified atom stereocenters. The van der Waals surface area contributed by atoms with Crippen molar-refractivity contribution < 1.29 is 23.0 Å². The van der Waals surface area contributed by atoms with Crippen molar-refractivity contribution in [2.75, 3.05) is 31.2 Å². The lowest BCUT2D eigenvalue weighted by Crippen LogP contribution is -2.54. The molecule has 0 atom stereocenters. The Morgan fingerprint density at radius 1 is 1.21 bits per heavy atom. The van der Waals surface area contributed by atoms with Gasteiger partial charge < -0.3 is 20.5 Å². The number of fused-ring (bicyclic) bond motifs is 1. The van der Waals surface area contributed by atoms with Gasteiger partial charge in [0.1, 0.15) is 11.5 Å². The summed E-state index contributed by atoms with van der Waals surface area (Å²) in [6.07, 6.45) is -0.749. The van der Waals surface area contributed by atoms with Crippen LogP contribution in [0.4, 0.5) is 19.1 Å². The molecule has 2 saturated heterocycles. The lowest BCUT2D eigenvalue weighted by atomic mass is 9.87. The first-order valence-corrected chi connectivity index (χ1v) is 9.16. The van der Waals surface area contributed by atoms with Gasteiger partial charge in [-0.15, -0.1) is 0 Å². The van der Waals surface area contributed by atoms with E-state index in [9.17, 15) is 18.3 Å². The van der Waals surface area contributed by atoms with Crippen molar-refractivity contribution in [1.82, 2.24) is 9.97 Å². The van der Waals surface area contributed by atoms with Crippen molar-refractivity contribution in [2.45, 2.75) is 30.4 Å². The van der Waals surface area contributed by atoms with Gasteiger partial charge in [-0.2, -0.15) is 8.78 Å². The summed E-state index contributed by atoms with van der Waals surface area (Å²) in [6.45, 7) is 1.04. The molecule has 2 aliphatic heterocycles. The summed E-state index contributed by atoms with van der Waals surface area (Å²) < 4.78 is 48.6. The Bertz CT molecular complexity index is 958. The fourth-order valence-corrected chi connectivity index (χ4v) is 3.95. The maximum absolute atomic E-state index is 14.8. The van der Waals surface area contributed by atoms with E-state index in [1.807, 2.05) is 0 Å². The molecule has 6 nitrogen and oxygen atoms in total. The molecule has 2 fully saturated rings. The second-order valence-electron chi connectivity index (χ2n) is 7.81. The van der Waals surface area contributed by atoms with E-state index in [1.54, 1.807) is 17.0 Å². The van der Waals surface area contributed by atoms with Gasteiger partial charge in [-0.1, -0.05) is 12.1 Å². The molecule has 0 amide bonds. The third-order valence-electron chi connectivity index (χ3n) is 5.67.